The molecule has 1 aliphatic rings. The van der Waals surface area contributed by atoms with Crippen molar-refractivity contribution in [3.8, 4) is 0 Å². The summed E-state index contributed by atoms with van der Waals surface area (Å²) in [6, 6.07) is -0.929. The molecule has 12 heavy (non-hydrogen) atoms. The molecule has 1 nitrogen and oxygen atoms in total. The van der Waals surface area contributed by atoms with Crippen LogP contribution in [0, 0.1) is 5.92 Å². The Morgan fingerprint density at radius 1 is 1.42 bits per heavy atom. The van der Waals surface area contributed by atoms with Crippen LogP contribution in [0.25, 0.3) is 0 Å². The molecular weight excluding hydrogens is 160 g/mol. The molecule has 1 aliphatic carbocycles. The van der Waals surface area contributed by atoms with Crippen LogP contribution < -0.4 is 5.73 Å². The highest BCUT2D eigenvalue weighted by molar-refractivity contribution is 4.91. The van der Waals surface area contributed by atoms with E-state index in [0.29, 0.717) is 12.3 Å². The summed E-state index contributed by atoms with van der Waals surface area (Å²) in [5.41, 5.74) is 5.27. The van der Waals surface area contributed by atoms with Gasteiger partial charge in [0.25, 0.3) is 6.43 Å². The predicted octanol–water partition coefficient (Wildman–Crippen LogP) is 2.33. The van der Waals surface area contributed by atoms with Gasteiger partial charge in [0, 0.05) is 0 Å². The average molecular weight is 175 g/mol. The summed E-state index contributed by atoms with van der Waals surface area (Å²) in [5.74, 6) is 0.374. The van der Waals surface area contributed by atoms with Crippen molar-refractivity contribution in [2.45, 2.75) is 38.2 Å². The SMILES string of the molecule is NC(CC1CC=CCC1)C(F)F. The molecule has 0 saturated carbocycles. The Kier molecular flexibility index (Phi) is 3.66. The molecule has 0 bridgehead atoms. The van der Waals surface area contributed by atoms with Crippen molar-refractivity contribution in [1.29, 1.82) is 0 Å². The molecule has 1 rings (SSSR count). The smallest absolute Gasteiger partial charge is 0.253 e. The van der Waals surface area contributed by atoms with Crippen LogP contribution >= 0.6 is 0 Å². The second kappa shape index (κ2) is 4.55. The van der Waals surface area contributed by atoms with Crippen molar-refractivity contribution >= 4 is 0 Å². The normalized spacial score (nSPS) is 26.2. The highest BCUT2D eigenvalue weighted by Crippen LogP contribution is 2.23. The van der Waals surface area contributed by atoms with Gasteiger partial charge in [-0.05, 0) is 31.6 Å². The molecule has 0 spiro atoms. The summed E-state index contributed by atoms with van der Waals surface area (Å²) in [6.45, 7) is 0. The van der Waals surface area contributed by atoms with Gasteiger partial charge in [-0.25, -0.2) is 8.78 Å². The number of halogens is 2. The van der Waals surface area contributed by atoms with E-state index in [1.165, 1.54) is 0 Å². The van der Waals surface area contributed by atoms with E-state index in [1.807, 2.05) is 0 Å². The van der Waals surface area contributed by atoms with Gasteiger partial charge in [-0.3, -0.25) is 0 Å². The Hall–Kier alpha value is -0.440. The fourth-order valence-electron chi connectivity index (χ4n) is 1.56. The molecule has 70 valence electrons. The van der Waals surface area contributed by atoms with E-state index in [0.717, 1.165) is 19.3 Å². The monoisotopic (exact) mass is 175 g/mol. The zero-order chi connectivity index (χ0) is 8.97. The molecule has 0 radical (unpaired) electrons. The molecule has 0 aromatic carbocycles. The van der Waals surface area contributed by atoms with E-state index in [1.54, 1.807) is 0 Å². The van der Waals surface area contributed by atoms with Gasteiger partial charge in [0.1, 0.15) is 0 Å². The van der Waals surface area contributed by atoms with E-state index in [2.05, 4.69) is 12.2 Å². The number of rotatable bonds is 3. The quantitative estimate of drug-likeness (QED) is 0.654. The lowest BCUT2D eigenvalue weighted by Crippen LogP contribution is -2.31. The van der Waals surface area contributed by atoms with Gasteiger partial charge in [-0.1, -0.05) is 12.2 Å². The van der Waals surface area contributed by atoms with Crippen molar-refractivity contribution in [2.24, 2.45) is 11.7 Å². The second-order valence-electron chi connectivity index (χ2n) is 3.38. The standard InChI is InChI=1S/C9H15F2N/c10-9(11)8(12)6-7-4-2-1-3-5-7/h1-2,7-9H,3-6,12H2. The van der Waals surface area contributed by atoms with Crippen molar-refractivity contribution in [1.82, 2.24) is 0 Å². The van der Waals surface area contributed by atoms with Crippen LogP contribution in [0.3, 0.4) is 0 Å². The van der Waals surface area contributed by atoms with E-state index in [-0.39, 0.29) is 0 Å². The molecule has 0 aliphatic heterocycles. The minimum absolute atomic E-state index is 0.374. The summed E-state index contributed by atoms with van der Waals surface area (Å²) in [7, 11) is 0. The van der Waals surface area contributed by atoms with Gasteiger partial charge < -0.3 is 5.73 Å². The Morgan fingerprint density at radius 3 is 2.67 bits per heavy atom. The molecular formula is C9H15F2N. The Labute approximate surface area is 71.6 Å². The van der Waals surface area contributed by atoms with Crippen molar-refractivity contribution in [3.63, 3.8) is 0 Å². The molecule has 2 unspecified atom stereocenters. The third-order valence-corrected chi connectivity index (χ3v) is 2.31. The molecule has 2 N–H and O–H groups in total. The van der Waals surface area contributed by atoms with Gasteiger partial charge in [0.15, 0.2) is 0 Å². The molecule has 2 atom stereocenters. The lowest BCUT2D eigenvalue weighted by Gasteiger charge is -2.20. The van der Waals surface area contributed by atoms with Gasteiger partial charge in [-0.2, -0.15) is 0 Å². The fourth-order valence-corrected chi connectivity index (χ4v) is 1.56. The number of hydrogen-bond acceptors (Lipinski definition) is 1. The van der Waals surface area contributed by atoms with Crippen LogP contribution in [-0.2, 0) is 0 Å². The maximum absolute atomic E-state index is 12.0. The van der Waals surface area contributed by atoms with Crippen LogP contribution in [-0.4, -0.2) is 12.5 Å². The number of hydrogen-bond donors (Lipinski definition) is 1. The summed E-state index contributed by atoms with van der Waals surface area (Å²) < 4.78 is 24.1. The first-order valence-corrected chi connectivity index (χ1v) is 4.39. The molecule has 0 aromatic rings. The largest absolute Gasteiger partial charge is 0.323 e. The van der Waals surface area contributed by atoms with Gasteiger partial charge in [0.05, 0.1) is 6.04 Å². The second-order valence-corrected chi connectivity index (χ2v) is 3.38. The average Bonchev–Trinajstić information content (AvgIpc) is 2.06. The van der Waals surface area contributed by atoms with Crippen LogP contribution in [0.5, 0.6) is 0 Å². The first kappa shape index (κ1) is 9.65. The van der Waals surface area contributed by atoms with Crippen molar-refractivity contribution in [3.05, 3.63) is 12.2 Å². The molecule has 0 saturated heterocycles. The minimum atomic E-state index is -2.36. The fraction of sp³-hybridized carbons (Fsp3) is 0.778. The van der Waals surface area contributed by atoms with E-state index in [4.69, 9.17) is 5.73 Å². The van der Waals surface area contributed by atoms with E-state index < -0.39 is 12.5 Å². The van der Waals surface area contributed by atoms with E-state index in [9.17, 15) is 8.78 Å². The molecule has 0 fully saturated rings. The van der Waals surface area contributed by atoms with Gasteiger partial charge in [0.2, 0.25) is 0 Å². The molecule has 3 heteroatoms. The highest BCUT2D eigenvalue weighted by Gasteiger charge is 2.20. The topological polar surface area (TPSA) is 26.0 Å². The zero-order valence-corrected chi connectivity index (χ0v) is 7.05. The van der Waals surface area contributed by atoms with Crippen molar-refractivity contribution in [2.75, 3.05) is 0 Å². The molecule has 0 amide bonds. The number of allylic oxidation sites excluding steroid dienone is 2. The Bertz CT molecular complexity index is 157. The Morgan fingerprint density at radius 2 is 2.17 bits per heavy atom. The summed E-state index contributed by atoms with van der Waals surface area (Å²) in [4.78, 5) is 0. The Balaban J connectivity index is 2.25. The predicted molar refractivity (Wildman–Crippen MR) is 45.1 cm³/mol. The third kappa shape index (κ3) is 2.89. The molecule has 0 aromatic heterocycles. The summed E-state index contributed by atoms with van der Waals surface area (Å²) in [5, 5.41) is 0. The summed E-state index contributed by atoms with van der Waals surface area (Å²) >= 11 is 0. The van der Waals surface area contributed by atoms with E-state index >= 15 is 0 Å². The van der Waals surface area contributed by atoms with Crippen LogP contribution in [0.2, 0.25) is 0 Å². The number of alkyl halides is 2. The first-order valence-electron chi connectivity index (χ1n) is 4.39. The lowest BCUT2D eigenvalue weighted by atomic mass is 9.89. The maximum Gasteiger partial charge on any atom is 0.253 e. The molecule has 0 heterocycles. The zero-order valence-electron chi connectivity index (χ0n) is 7.05. The third-order valence-electron chi connectivity index (χ3n) is 2.31. The number of nitrogens with two attached hydrogens (primary N) is 1. The first-order chi connectivity index (χ1) is 5.70. The van der Waals surface area contributed by atoms with Crippen molar-refractivity contribution < 1.29 is 8.78 Å². The maximum atomic E-state index is 12.0. The van der Waals surface area contributed by atoms with Gasteiger partial charge >= 0.3 is 0 Å². The minimum Gasteiger partial charge on any atom is -0.323 e. The lowest BCUT2D eigenvalue weighted by molar-refractivity contribution is 0.103. The van der Waals surface area contributed by atoms with Crippen LogP contribution in [0.15, 0.2) is 12.2 Å². The van der Waals surface area contributed by atoms with Gasteiger partial charge in [-0.15, -0.1) is 0 Å². The van der Waals surface area contributed by atoms with Crippen LogP contribution in [0.4, 0.5) is 8.78 Å². The van der Waals surface area contributed by atoms with Crippen LogP contribution in [0.1, 0.15) is 25.7 Å². The summed E-state index contributed by atoms with van der Waals surface area (Å²) in [6.07, 6.45) is 5.20. The highest BCUT2D eigenvalue weighted by atomic mass is 19.3.